The molecule has 0 unspecified atom stereocenters. The first-order valence-electron chi connectivity index (χ1n) is 6.88. The Morgan fingerprint density at radius 1 is 1.19 bits per heavy atom. The second-order valence-corrected chi connectivity index (χ2v) is 4.39. The zero-order chi connectivity index (χ0) is 14.9. The highest BCUT2D eigenvalue weighted by atomic mass is 16.5. The van der Waals surface area contributed by atoms with Gasteiger partial charge in [-0.3, -0.25) is 0 Å². The van der Waals surface area contributed by atoms with Crippen LogP contribution in [0.1, 0.15) is 18.2 Å². The maximum absolute atomic E-state index is 5.59. The van der Waals surface area contributed by atoms with E-state index in [1.54, 1.807) is 6.26 Å². The van der Waals surface area contributed by atoms with Crippen molar-refractivity contribution in [2.24, 2.45) is 0 Å². The van der Waals surface area contributed by atoms with Crippen molar-refractivity contribution in [1.29, 1.82) is 0 Å². The Labute approximate surface area is 125 Å². The summed E-state index contributed by atoms with van der Waals surface area (Å²) in [6, 6.07) is 9.65. The number of hydrogen-bond acceptors (Lipinski definition) is 4. The molecule has 0 saturated heterocycles. The van der Waals surface area contributed by atoms with E-state index < -0.39 is 0 Å². The van der Waals surface area contributed by atoms with E-state index in [9.17, 15) is 0 Å². The molecule has 2 rings (SSSR count). The zero-order valence-electron chi connectivity index (χ0n) is 12.1. The second kappa shape index (κ2) is 8.03. The molecule has 0 spiro atoms. The van der Waals surface area contributed by atoms with E-state index in [0.717, 1.165) is 17.9 Å². The van der Waals surface area contributed by atoms with Crippen LogP contribution < -0.4 is 14.8 Å². The van der Waals surface area contributed by atoms with Gasteiger partial charge in [-0.15, -0.1) is 6.42 Å². The molecule has 4 heteroatoms. The van der Waals surface area contributed by atoms with Crippen molar-refractivity contribution in [2.45, 2.75) is 20.0 Å². The van der Waals surface area contributed by atoms with Gasteiger partial charge in [0.05, 0.1) is 19.4 Å². The number of furan rings is 1. The number of terminal acetylenes is 1. The first-order chi connectivity index (χ1) is 10.3. The van der Waals surface area contributed by atoms with Crippen LogP contribution in [-0.2, 0) is 13.1 Å². The van der Waals surface area contributed by atoms with Gasteiger partial charge >= 0.3 is 0 Å². The van der Waals surface area contributed by atoms with Crippen molar-refractivity contribution in [1.82, 2.24) is 5.32 Å². The van der Waals surface area contributed by atoms with Gasteiger partial charge in [-0.1, -0.05) is 12.0 Å². The van der Waals surface area contributed by atoms with Crippen LogP contribution in [0.3, 0.4) is 0 Å². The molecule has 110 valence electrons. The van der Waals surface area contributed by atoms with E-state index in [0.29, 0.717) is 24.7 Å². The predicted molar refractivity (Wildman–Crippen MR) is 81.2 cm³/mol. The van der Waals surface area contributed by atoms with Crippen LogP contribution in [0.4, 0.5) is 0 Å². The third-order valence-electron chi connectivity index (χ3n) is 2.83. The van der Waals surface area contributed by atoms with Crippen molar-refractivity contribution < 1.29 is 13.9 Å². The molecule has 21 heavy (non-hydrogen) atoms. The lowest BCUT2D eigenvalue weighted by molar-refractivity contribution is 0.299. The highest BCUT2D eigenvalue weighted by Gasteiger charge is 2.06. The first-order valence-corrected chi connectivity index (χ1v) is 6.88. The molecule has 1 N–H and O–H groups in total. The third kappa shape index (κ3) is 4.59. The molecule has 1 aromatic heterocycles. The van der Waals surface area contributed by atoms with E-state index in [1.165, 1.54) is 0 Å². The summed E-state index contributed by atoms with van der Waals surface area (Å²) in [5.41, 5.74) is 1.11. The minimum Gasteiger partial charge on any atom is -0.490 e. The number of hydrogen-bond donors (Lipinski definition) is 1. The molecule has 0 radical (unpaired) electrons. The maximum atomic E-state index is 5.59. The Bertz CT molecular complexity index is 585. The highest BCUT2D eigenvalue weighted by Crippen LogP contribution is 2.28. The topological polar surface area (TPSA) is 43.6 Å². The van der Waals surface area contributed by atoms with Gasteiger partial charge < -0.3 is 19.2 Å². The maximum Gasteiger partial charge on any atom is 0.162 e. The Balaban J connectivity index is 1.96. The zero-order valence-corrected chi connectivity index (χ0v) is 12.1. The predicted octanol–water partition coefficient (Wildman–Crippen LogP) is 2.98. The molecule has 0 aliphatic carbocycles. The standard InChI is InChI=1S/C17H19NO3/c1-3-9-21-16-8-7-14(11-17(16)19-4-2)12-18-13-15-6-5-10-20-15/h1,5-8,10-11,18H,4,9,12-13H2,2H3. The van der Waals surface area contributed by atoms with Gasteiger partial charge in [0.1, 0.15) is 12.4 Å². The second-order valence-electron chi connectivity index (χ2n) is 4.39. The van der Waals surface area contributed by atoms with Crippen molar-refractivity contribution >= 4 is 0 Å². The van der Waals surface area contributed by atoms with Crippen LogP contribution in [0.15, 0.2) is 41.0 Å². The fourth-order valence-electron chi connectivity index (χ4n) is 1.91. The molecule has 1 heterocycles. The van der Waals surface area contributed by atoms with Gasteiger partial charge in [-0.25, -0.2) is 0 Å². The van der Waals surface area contributed by atoms with Crippen LogP contribution in [0, 0.1) is 12.3 Å². The smallest absolute Gasteiger partial charge is 0.162 e. The fourth-order valence-corrected chi connectivity index (χ4v) is 1.91. The summed E-state index contributed by atoms with van der Waals surface area (Å²) < 4.78 is 16.3. The Morgan fingerprint density at radius 2 is 2.10 bits per heavy atom. The molecule has 4 nitrogen and oxygen atoms in total. The average molecular weight is 285 g/mol. The largest absolute Gasteiger partial charge is 0.490 e. The molecule has 1 aromatic carbocycles. The number of nitrogens with one attached hydrogen (secondary N) is 1. The van der Waals surface area contributed by atoms with Crippen molar-refractivity contribution in [2.75, 3.05) is 13.2 Å². The summed E-state index contributed by atoms with van der Waals surface area (Å²) in [7, 11) is 0. The Morgan fingerprint density at radius 3 is 2.81 bits per heavy atom. The molecule has 0 atom stereocenters. The molecule has 0 amide bonds. The molecule has 0 fully saturated rings. The molecule has 0 aliphatic rings. The lowest BCUT2D eigenvalue weighted by Gasteiger charge is -2.12. The lowest BCUT2D eigenvalue weighted by Crippen LogP contribution is -2.12. The first kappa shape index (κ1) is 15.0. The quantitative estimate of drug-likeness (QED) is 0.757. The van der Waals surface area contributed by atoms with Crippen molar-refractivity contribution in [3.8, 4) is 23.8 Å². The molecule has 0 aliphatic heterocycles. The van der Waals surface area contributed by atoms with E-state index in [-0.39, 0.29) is 6.61 Å². The van der Waals surface area contributed by atoms with Crippen LogP contribution >= 0.6 is 0 Å². The summed E-state index contributed by atoms with van der Waals surface area (Å²) in [6.45, 7) is 4.15. The summed E-state index contributed by atoms with van der Waals surface area (Å²) in [5.74, 6) is 4.74. The van der Waals surface area contributed by atoms with Gasteiger partial charge in [-0.05, 0) is 36.8 Å². The van der Waals surface area contributed by atoms with Crippen LogP contribution in [-0.4, -0.2) is 13.2 Å². The van der Waals surface area contributed by atoms with Crippen LogP contribution in [0.25, 0.3) is 0 Å². The van der Waals surface area contributed by atoms with E-state index >= 15 is 0 Å². The Kier molecular flexibility index (Phi) is 5.74. The van der Waals surface area contributed by atoms with Crippen LogP contribution in [0.5, 0.6) is 11.5 Å². The summed E-state index contributed by atoms with van der Waals surface area (Å²) >= 11 is 0. The number of rotatable bonds is 8. The van der Waals surface area contributed by atoms with Crippen molar-refractivity contribution in [3.63, 3.8) is 0 Å². The van der Waals surface area contributed by atoms with Crippen LogP contribution in [0.2, 0.25) is 0 Å². The lowest BCUT2D eigenvalue weighted by atomic mass is 10.2. The normalized spacial score (nSPS) is 10.1. The number of ether oxygens (including phenoxy) is 2. The van der Waals surface area contributed by atoms with Gasteiger partial charge in [0, 0.05) is 6.54 Å². The van der Waals surface area contributed by atoms with E-state index in [4.69, 9.17) is 20.3 Å². The molecule has 2 aromatic rings. The van der Waals surface area contributed by atoms with Gasteiger partial charge in [0.2, 0.25) is 0 Å². The van der Waals surface area contributed by atoms with Gasteiger partial charge in [-0.2, -0.15) is 0 Å². The Hall–Kier alpha value is -2.38. The monoisotopic (exact) mass is 285 g/mol. The highest BCUT2D eigenvalue weighted by molar-refractivity contribution is 5.43. The summed E-state index contributed by atoms with van der Waals surface area (Å²) in [6.07, 6.45) is 6.88. The van der Waals surface area contributed by atoms with Gasteiger partial charge in [0.25, 0.3) is 0 Å². The van der Waals surface area contributed by atoms with E-state index in [2.05, 4.69) is 11.2 Å². The van der Waals surface area contributed by atoms with E-state index in [1.807, 2.05) is 37.3 Å². The summed E-state index contributed by atoms with van der Waals surface area (Å²) in [4.78, 5) is 0. The summed E-state index contributed by atoms with van der Waals surface area (Å²) in [5, 5.41) is 3.31. The molecular formula is C17H19NO3. The molecule has 0 bridgehead atoms. The van der Waals surface area contributed by atoms with Gasteiger partial charge in [0.15, 0.2) is 11.5 Å². The minimum absolute atomic E-state index is 0.232. The number of benzene rings is 1. The average Bonchev–Trinajstić information content (AvgIpc) is 3.00. The fraction of sp³-hybridized carbons (Fsp3) is 0.294. The molecule has 0 saturated carbocycles. The van der Waals surface area contributed by atoms with Crippen molar-refractivity contribution in [3.05, 3.63) is 47.9 Å². The minimum atomic E-state index is 0.232. The third-order valence-corrected chi connectivity index (χ3v) is 2.83. The SMILES string of the molecule is C#CCOc1ccc(CNCc2ccco2)cc1OCC. The molecular weight excluding hydrogens is 266 g/mol.